The molecule has 2 nitrogen and oxygen atoms in total. The molecule has 0 aliphatic carbocycles. The first-order valence-corrected chi connectivity index (χ1v) is 4.81. The van der Waals surface area contributed by atoms with Crippen molar-refractivity contribution in [2.45, 2.75) is 32.8 Å². The van der Waals surface area contributed by atoms with Crippen molar-refractivity contribution < 1.29 is 9.90 Å². The third-order valence-electron chi connectivity index (χ3n) is 2.48. The van der Waals surface area contributed by atoms with Crippen molar-refractivity contribution in [2.24, 2.45) is 0 Å². The lowest BCUT2D eigenvalue weighted by molar-refractivity contribution is -0.136. The lowest BCUT2D eigenvalue weighted by Gasteiger charge is -2.21. The van der Waals surface area contributed by atoms with Crippen LogP contribution in [-0.4, -0.2) is 10.9 Å². The highest BCUT2D eigenvalue weighted by molar-refractivity contribution is 5.87. The third-order valence-corrected chi connectivity index (χ3v) is 2.48. The summed E-state index contributed by atoms with van der Waals surface area (Å²) in [6, 6.07) is 7.38. The number of aryl methyl sites for hydroxylation is 1. The highest BCUT2D eigenvalue weighted by atomic mass is 16.3. The number of hydrogen-bond donors (Lipinski definition) is 1. The molecule has 1 aromatic rings. The summed E-state index contributed by atoms with van der Waals surface area (Å²) >= 11 is 0. The van der Waals surface area contributed by atoms with E-state index < -0.39 is 5.60 Å². The lowest BCUT2D eigenvalue weighted by atomic mass is 9.90. The van der Waals surface area contributed by atoms with E-state index in [0.29, 0.717) is 12.0 Å². The molecule has 2 heteroatoms. The molecule has 0 saturated carbocycles. The summed E-state index contributed by atoms with van der Waals surface area (Å²) < 4.78 is 0. The molecular weight excluding hydrogens is 176 g/mol. The molecule has 0 aromatic heterocycles. The Hall–Kier alpha value is -1.15. The monoisotopic (exact) mass is 192 g/mol. The Morgan fingerprint density at radius 3 is 2.29 bits per heavy atom. The average molecular weight is 192 g/mol. The van der Waals surface area contributed by atoms with Crippen LogP contribution in [0.5, 0.6) is 0 Å². The van der Waals surface area contributed by atoms with E-state index in [0.717, 1.165) is 5.56 Å². The van der Waals surface area contributed by atoms with Crippen LogP contribution in [0.15, 0.2) is 24.3 Å². The summed E-state index contributed by atoms with van der Waals surface area (Å²) in [6.45, 7) is 5.27. The predicted octanol–water partition coefficient (Wildman–Crippen LogP) is 2.18. The van der Waals surface area contributed by atoms with Gasteiger partial charge < -0.3 is 5.11 Å². The SMILES string of the molecule is CCC(=O)C(C)(O)c1ccc(C)cc1. The lowest BCUT2D eigenvalue weighted by Crippen LogP contribution is -2.31. The predicted molar refractivity (Wildman–Crippen MR) is 56.0 cm³/mol. The molecule has 1 atom stereocenters. The van der Waals surface area contributed by atoms with Gasteiger partial charge in [-0.15, -0.1) is 0 Å². The number of ketones is 1. The normalized spacial score (nSPS) is 14.9. The Kier molecular flexibility index (Phi) is 3.06. The van der Waals surface area contributed by atoms with Crippen molar-refractivity contribution >= 4 is 5.78 Å². The first kappa shape index (κ1) is 10.9. The second-order valence-corrected chi connectivity index (χ2v) is 3.71. The quantitative estimate of drug-likeness (QED) is 0.797. The molecule has 0 radical (unpaired) electrons. The number of carbonyl (C=O) groups excluding carboxylic acids is 1. The first-order chi connectivity index (χ1) is 6.48. The Morgan fingerprint density at radius 2 is 1.86 bits per heavy atom. The molecule has 1 N–H and O–H groups in total. The zero-order valence-electron chi connectivity index (χ0n) is 8.87. The summed E-state index contributed by atoms with van der Waals surface area (Å²) in [5.74, 6) is -0.152. The first-order valence-electron chi connectivity index (χ1n) is 4.81. The van der Waals surface area contributed by atoms with E-state index in [2.05, 4.69) is 0 Å². The molecule has 1 rings (SSSR count). The molecule has 1 unspecified atom stereocenters. The molecule has 0 heterocycles. The van der Waals surface area contributed by atoms with E-state index in [-0.39, 0.29) is 5.78 Å². The van der Waals surface area contributed by atoms with Gasteiger partial charge in [0.05, 0.1) is 0 Å². The fourth-order valence-corrected chi connectivity index (χ4v) is 1.38. The molecule has 1 aromatic carbocycles. The van der Waals surface area contributed by atoms with Crippen LogP contribution in [0.2, 0.25) is 0 Å². The highest BCUT2D eigenvalue weighted by Gasteiger charge is 2.30. The minimum Gasteiger partial charge on any atom is -0.378 e. The fraction of sp³-hybridized carbons (Fsp3) is 0.417. The van der Waals surface area contributed by atoms with Crippen LogP contribution < -0.4 is 0 Å². The third kappa shape index (κ3) is 2.02. The van der Waals surface area contributed by atoms with Gasteiger partial charge in [0.2, 0.25) is 0 Å². The Balaban J connectivity index is 3.03. The molecule has 0 aliphatic rings. The van der Waals surface area contributed by atoms with Crippen LogP contribution in [0, 0.1) is 6.92 Å². The number of carbonyl (C=O) groups is 1. The van der Waals surface area contributed by atoms with Gasteiger partial charge in [-0.25, -0.2) is 0 Å². The average Bonchev–Trinajstić information content (AvgIpc) is 2.17. The molecule has 0 amide bonds. The van der Waals surface area contributed by atoms with Gasteiger partial charge in [0.15, 0.2) is 5.78 Å². The number of benzene rings is 1. The van der Waals surface area contributed by atoms with Crippen LogP contribution in [0.4, 0.5) is 0 Å². The number of hydrogen-bond acceptors (Lipinski definition) is 2. The summed E-state index contributed by atoms with van der Waals surface area (Å²) in [4.78, 5) is 11.5. The minimum atomic E-state index is -1.34. The van der Waals surface area contributed by atoms with Crippen molar-refractivity contribution in [2.75, 3.05) is 0 Å². The number of aliphatic hydroxyl groups is 1. The van der Waals surface area contributed by atoms with Crippen molar-refractivity contribution in [3.63, 3.8) is 0 Å². The standard InChI is InChI=1S/C12H16O2/c1-4-11(13)12(3,14)10-7-5-9(2)6-8-10/h5-8,14H,4H2,1-3H3. The maximum absolute atomic E-state index is 11.5. The van der Waals surface area contributed by atoms with Crippen LogP contribution in [0.3, 0.4) is 0 Å². The zero-order chi connectivity index (χ0) is 10.8. The van der Waals surface area contributed by atoms with Gasteiger partial charge in [-0.2, -0.15) is 0 Å². The second-order valence-electron chi connectivity index (χ2n) is 3.71. The highest BCUT2D eigenvalue weighted by Crippen LogP contribution is 2.23. The molecule has 0 saturated heterocycles. The molecule has 0 bridgehead atoms. The van der Waals surface area contributed by atoms with Gasteiger partial charge in [-0.1, -0.05) is 36.8 Å². The van der Waals surface area contributed by atoms with E-state index in [4.69, 9.17) is 0 Å². The van der Waals surface area contributed by atoms with Crippen LogP contribution in [0.25, 0.3) is 0 Å². The van der Waals surface area contributed by atoms with E-state index in [1.807, 2.05) is 19.1 Å². The van der Waals surface area contributed by atoms with E-state index >= 15 is 0 Å². The van der Waals surface area contributed by atoms with Gasteiger partial charge >= 0.3 is 0 Å². The summed E-state index contributed by atoms with van der Waals surface area (Å²) in [5.41, 5.74) is 0.436. The van der Waals surface area contributed by atoms with E-state index in [1.165, 1.54) is 0 Å². The zero-order valence-corrected chi connectivity index (χ0v) is 8.87. The fourth-order valence-electron chi connectivity index (χ4n) is 1.38. The summed E-state index contributed by atoms with van der Waals surface area (Å²) in [7, 11) is 0. The van der Waals surface area contributed by atoms with Gasteiger partial charge in [0, 0.05) is 6.42 Å². The molecule has 0 aliphatic heterocycles. The second kappa shape index (κ2) is 3.93. The smallest absolute Gasteiger partial charge is 0.168 e. The van der Waals surface area contributed by atoms with Crippen molar-refractivity contribution in [1.29, 1.82) is 0 Å². The Bertz CT molecular complexity index is 323. The van der Waals surface area contributed by atoms with Crippen LogP contribution >= 0.6 is 0 Å². The molecule has 0 fully saturated rings. The van der Waals surface area contributed by atoms with Gasteiger partial charge in [-0.05, 0) is 19.4 Å². The molecule has 14 heavy (non-hydrogen) atoms. The summed E-state index contributed by atoms with van der Waals surface area (Å²) in [6.07, 6.45) is 0.348. The Labute approximate surface area is 84.6 Å². The molecular formula is C12H16O2. The number of Topliss-reactive ketones (excluding diaryl/α,β-unsaturated/α-hetero) is 1. The van der Waals surface area contributed by atoms with E-state index in [1.54, 1.807) is 26.0 Å². The topological polar surface area (TPSA) is 37.3 Å². The van der Waals surface area contributed by atoms with Crippen molar-refractivity contribution in [3.05, 3.63) is 35.4 Å². The van der Waals surface area contributed by atoms with E-state index in [9.17, 15) is 9.90 Å². The van der Waals surface area contributed by atoms with Gasteiger partial charge in [0.25, 0.3) is 0 Å². The maximum Gasteiger partial charge on any atom is 0.168 e. The Morgan fingerprint density at radius 1 is 1.36 bits per heavy atom. The minimum absolute atomic E-state index is 0.152. The largest absolute Gasteiger partial charge is 0.378 e. The number of rotatable bonds is 3. The van der Waals surface area contributed by atoms with Crippen LogP contribution in [-0.2, 0) is 10.4 Å². The van der Waals surface area contributed by atoms with Gasteiger partial charge in [0.1, 0.15) is 5.60 Å². The maximum atomic E-state index is 11.5. The molecule has 76 valence electrons. The molecule has 0 spiro atoms. The van der Waals surface area contributed by atoms with Crippen molar-refractivity contribution in [1.82, 2.24) is 0 Å². The summed E-state index contributed by atoms with van der Waals surface area (Å²) in [5, 5.41) is 10.00. The van der Waals surface area contributed by atoms with Crippen LogP contribution in [0.1, 0.15) is 31.4 Å². The van der Waals surface area contributed by atoms with Gasteiger partial charge in [-0.3, -0.25) is 4.79 Å². The van der Waals surface area contributed by atoms with Crippen molar-refractivity contribution in [3.8, 4) is 0 Å².